The van der Waals surface area contributed by atoms with Crippen LogP contribution < -0.4 is 11.1 Å². The molecule has 5 nitrogen and oxygen atoms in total. The lowest BCUT2D eigenvalue weighted by atomic mass is 10.1. The second-order valence-corrected chi connectivity index (χ2v) is 4.46. The van der Waals surface area contributed by atoms with Gasteiger partial charge in [-0.15, -0.1) is 0 Å². The maximum absolute atomic E-state index is 11.5. The molecule has 1 aromatic carbocycles. The number of amides is 1. The highest BCUT2D eigenvalue weighted by Crippen LogP contribution is 2.21. The van der Waals surface area contributed by atoms with E-state index in [4.69, 9.17) is 22.5 Å². The molecule has 0 atom stereocenters. The molecule has 0 spiro atoms. The number of hydrogen-bond acceptors (Lipinski definition) is 4. The summed E-state index contributed by atoms with van der Waals surface area (Å²) in [7, 11) is 0. The summed E-state index contributed by atoms with van der Waals surface area (Å²) in [6.07, 6.45) is 1.82. The quantitative estimate of drug-likeness (QED) is 0.337. The molecule has 1 amide bonds. The number of nitrogens with zero attached hydrogens (tertiary/aromatic N) is 1. The van der Waals surface area contributed by atoms with Crippen LogP contribution in [0.3, 0.4) is 0 Å². The zero-order valence-electron chi connectivity index (χ0n) is 9.11. The van der Waals surface area contributed by atoms with Gasteiger partial charge in [0.15, 0.2) is 5.84 Å². The van der Waals surface area contributed by atoms with Crippen molar-refractivity contribution >= 4 is 40.8 Å². The molecule has 17 heavy (non-hydrogen) atoms. The van der Waals surface area contributed by atoms with Gasteiger partial charge in [0.25, 0.3) is 0 Å². The summed E-state index contributed by atoms with van der Waals surface area (Å²) in [5, 5.41) is 14.6. The Bertz CT molecular complexity index is 451. The van der Waals surface area contributed by atoms with Gasteiger partial charge >= 0.3 is 0 Å². The van der Waals surface area contributed by atoms with Gasteiger partial charge in [-0.1, -0.05) is 16.8 Å². The molecule has 0 saturated heterocycles. The smallest absolute Gasteiger partial charge is 0.234 e. The van der Waals surface area contributed by atoms with E-state index in [0.717, 1.165) is 0 Å². The van der Waals surface area contributed by atoms with E-state index in [1.54, 1.807) is 18.2 Å². The molecule has 0 aromatic heterocycles. The van der Waals surface area contributed by atoms with Crippen LogP contribution in [0.25, 0.3) is 0 Å². The van der Waals surface area contributed by atoms with E-state index in [0.29, 0.717) is 22.0 Å². The minimum Gasteiger partial charge on any atom is -0.409 e. The Kier molecular flexibility index (Phi) is 5.11. The summed E-state index contributed by atoms with van der Waals surface area (Å²) in [5.74, 6) is 0.0650. The van der Waals surface area contributed by atoms with Crippen LogP contribution in [0.4, 0.5) is 5.69 Å². The van der Waals surface area contributed by atoms with E-state index in [9.17, 15) is 4.79 Å². The minimum absolute atomic E-state index is 0.0823. The van der Waals surface area contributed by atoms with Gasteiger partial charge in [-0.3, -0.25) is 4.79 Å². The fourth-order valence-corrected chi connectivity index (χ4v) is 1.72. The van der Waals surface area contributed by atoms with E-state index < -0.39 is 0 Å². The number of thioether (sulfide) groups is 1. The average Bonchev–Trinajstić information content (AvgIpc) is 2.28. The van der Waals surface area contributed by atoms with E-state index in [1.165, 1.54) is 11.8 Å². The lowest BCUT2D eigenvalue weighted by molar-refractivity contribution is -0.113. The van der Waals surface area contributed by atoms with Gasteiger partial charge in [-0.25, -0.2) is 0 Å². The van der Waals surface area contributed by atoms with Crippen LogP contribution in [0.2, 0.25) is 5.02 Å². The molecule has 0 aliphatic heterocycles. The summed E-state index contributed by atoms with van der Waals surface area (Å²) in [5.41, 5.74) is 6.34. The van der Waals surface area contributed by atoms with Gasteiger partial charge in [-0.05, 0) is 24.5 Å². The first-order valence-electron chi connectivity index (χ1n) is 4.64. The van der Waals surface area contributed by atoms with Crippen molar-refractivity contribution in [3.63, 3.8) is 0 Å². The van der Waals surface area contributed by atoms with Gasteiger partial charge in [-0.2, -0.15) is 11.8 Å². The fourth-order valence-electron chi connectivity index (χ4n) is 1.21. The number of nitrogens with two attached hydrogens (primary N) is 1. The van der Waals surface area contributed by atoms with Crippen LogP contribution in [0.15, 0.2) is 23.4 Å². The number of amidine groups is 1. The average molecular weight is 274 g/mol. The van der Waals surface area contributed by atoms with Crippen LogP contribution in [0.5, 0.6) is 0 Å². The first-order valence-corrected chi connectivity index (χ1v) is 6.42. The van der Waals surface area contributed by atoms with Crippen molar-refractivity contribution in [1.82, 2.24) is 0 Å². The van der Waals surface area contributed by atoms with Crippen molar-refractivity contribution in [1.29, 1.82) is 0 Å². The summed E-state index contributed by atoms with van der Waals surface area (Å²) in [6, 6.07) is 4.72. The van der Waals surface area contributed by atoms with E-state index in [-0.39, 0.29) is 11.7 Å². The molecule has 1 rings (SSSR count). The molecule has 0 fully saturated rings. The third-order valence-corrected chi connectivity index (χ3v) is 2.70. The summed E-state index contributed by atoms with van der Waals surface area (Å²) in [6.45, 7) is 0. The molecule has 0 heterocycles. The third kappa shape index (κ3) is 3.83. The number of benzene rings is 1. The lowest BCUT2D eigenvalue weighted by Gasteiger charge is -2.10. The van der Waals surface area contributed by atoms with Crippen LogP contribution in [-0.4, -0.2) is 29.0 Å². The number of oxime groups is 1. The number of carbonyl (C=O) groups is 1. The number of hydrogen-bond donors (Lipinski definition) is 3. The molecule has 7 heteroatoms. The van der Waals surface area contributed by atoms with Gasteiger partial charge in [0.2, 0.25) is 5.91 Å². The summed E-state index contributed by atoms with van der Waals surface area (Å²) >= 11 is 7.22. The lowest BCUT2D eigenvalue weighted by Crippen LogP contribution is -2.20. The number of rotatable bonds is 4. The molecular weight excluding hydrogens is 262 g/mol. The molecule has 4 N–H and O–H groups in total. The number of carbonyl (C=O) groups excluding carboxylic acids is 1. The normalized spacial score (nSPS) is 11.3. The highest BCUT2D eigenvalue weighted by atomic mass is 35.5. The largest absolute Gasteiger partial charge is 0.409 e. The fraction of sp³-hybridized carbons (Fsp3) is 0.200. The van der Waals surface area contributed by atoms with E-state index in [2.05, 4.69) is 10.5 Å². The molecule has 0 aliphatic carbocycles. The first-order chi connectivity index (χ1) is 8.08. The Morgan fingerprint density at radius 1 is 1.65 bits per heavy atom. The third-order valence-electron chi connectivity index (χ3n) is 1.91. The highest BCUT2D eigenvalue weighted by Gasteiger charge is 2.10. The minimum atomic E-state index is -0.174. The van der Waals surface area contributed by atoms with Crippen molar-refractivity contribution in [2.24, 2.45) is 10.9 Å². The van der Waals surface area contributed by atoms with E-state index >= 15 is 0 Å². The molecule has 0 saturated carbocycles. The topological polar surface area (TPSA) is 87.7 Å². The van der Waals surface area contributed by atoms with E-state index in [1.807, 2.05) is 6.26 Å². The maximum atomic E-state index is 11.5. The maximum Gasteiger partial charge on any atom is 0.234 e. The number of anilines is 1. The molecule has 0 radical (unpaired) electrons. The Morgan fingerprint density at radius 3 is 2.94 bits per heavy atom. The zero-order valence-corrected chi connectivity index (χ0v) is 10.7. The Hall–Kier alpha value is -1.40. The predicted octanol–water partition coefficient (Wildman–Crippen LogP) is 1.74. The molecule has 92 valence electrons. The zero-order chi connectivity index (χ0) is 12.8. The van der Waals surface area contributed by atoms with Crippen molar-refractivity contribution < 1.29 is 10.0 Å². The Labute approximate surface area is 108 Å². The van der Waals surface area contributed by atoms with Crippen LogP contribution in [-0.2, 0) is 4.79 Å². The molecule has 1 aromatic rings. The SMILES string of the molecule is CSCC(=O)Nc1cc(Cl)ccc1C(N)=NO. The van der Waals surface area contributed by atoms with Crippen molar-refractivity contribution in [3.05, 3.63) is 28.8 Å². The number of nitrogens with one attached hydrogen (secondary N) is 1. The Morgan fingerprint density at radius 2 is 2.35 bits per heavy atom. The van der Waals surface area contributed by atoms with Gasteiger partial charge < -0.3 is 16.3 Å². The van der Waals surface area contributed by atoms with Crippen LogP contribution in [0, 0.1) is 0 Å². The van der Waals surface area contributed by atoms with Gasteiger partial charge in [0.05, 0.1) is 11.4 Å². The standard InChI is InChI=1S/C10H12ClN3O2S/c1-17-5-9(15)13-8-4-6(11)2-3-7(8)10(12)14-16/h2-4,16H,5H2,1H3,(H2,12,14)(H,13,15). The van der Waals surface area contributed by atoms with Crippen molar-refractivity contribution in [3.8, 4) is 0 Å². The molecule has 0 aliphatic rings. The summed E-state index contributed by atoms with van der Waals surface area (Å²) < 4.78 is 0. The molecular formula is C10H12ClN3O2S. The van der Waals surface area contributed by atoms with Gasteiger partial charge in [0.1, 0.15) is 0 Å². The second-order valence-electron chi connectivity index (χ2n) is 3.16. The molecule has 0 bridgehead atoms. The van der Waals surface area contributed by atoms with Gasteiger partial charge in [0, 0.05) is 10.6 Å². The highest BCUT2D eigenvalue weighted by molar-refractivity contribution is 7.99. The molecule has 0 unspecified atom stereocenters. The predicted molar refractivity (Wildman–Crippen MR) is 71.0 cm³/mol. The number of halogens is 1. The first kappa shape index (κ1) is 13.7. The van der Waals surface area contributed by atoms with Crippen molar-refractivity contribution in [2.45, 2.75) is 0 Å². The monoisotopic (exact) mass is 273 g/mol. The Balaban J connectivity index is 3.03. The van der Waals surface area contributed by atoms with Crippen LogP contribution >= 0.6 is 23.4 Å². The van der Waals surface area contributed by atoms with Crippen LogP contribution in [0.1, 0.15) is 5.56 Å². The van der Waals surface area contributed by atoms with Crippen molar-refractivity contribution in [2.75, 3.05) is 17.3 Å². The summed E-state index contributed by atoms with van der Waals surface area (Å²) in [4.78, 5) is 11.5. The second kappa shape index (κ2) is 6.36.